The number of nitrogens with zero attached hydrogens (tertiary/aromatic N) is 3. The van der Waals surface area contributed by atoms with E-state index in [0.29, 0.717) is 0 Å². The number of anilines is 3. The molecule has 74 heavy (non-hydrogen) atoms. The van der Waals surface area contributed by atoms with Gasteiger partial charge in [0.2, 0.25) is 0 Å². The smallest absolute Gasteiger partial charge is 0.108 e. The first-order valence-electron chi connectivity index (χ1n) is 31.7. The minimum absolute atomic E-state index is 0.778. The molecule has 1 N–H and O–H groups in total. The highest BCUT2D eigenvalue weighted by Crippen LogP contribution is 2.47. The third kappa shape index (κ3) is 21.7. The van der Waals surface area contributed by atoms with Crippen LogP contribution < -0.4 is 19.7 Å². The van der Waals surface area contributed by atoms with Crippen LogP contribution in [0.4, 0.5) is 16.4 Å². The van der Waals surface area contributed by atoms with Crippen LogP contribution in [0.3, 0.4) is 0 Å². The molecule has 4 aromatic rings. The van der Waals surface area contributed by atoms with E-state index >= 15 is 0 Å². The van der Waals surface area contributed by atoms with Crippen LogP contribution in [-0.4, -0.2) is 0 Å². The van der Waals surface area contributed by atoms with Crippen molar-refractivity contribution in [3.8, 4) is 10.4 Å². The van der Waals surface area contributed by atoms with Gasteiger partial charge in [-0.25, -0.2) is 0 Å². The molecule has 0 saturated carbocycles. The van der Waals surface area contributed by atoms with Crippen molar-refractivity contribution >= 4 is 74.1 Å². The lowest BCUT2D eigenvalue weighted by Gasteiger charge is -2.18. The van der Waals surface area contributed by atoms with Crippen molar-refractivity contribution in [1.29, 1.82) is 0 Å². The van der Waals surface area contributed by atoms with E-state index in [1.165, 1.54) is 325 Å². The molecule has 4 heterocycles. The van der Waals surface area contributed by atoms with Gasteiger partial charge < -0.3 is 4.72 Å². The molecule has 0 fully saturated rings. The van der Waals surface area contributed by atoms with E-state index < -0.39 is 0 Å². The Morgan fingerprint density at radius 3 is 1.32 bits per heavy atom. The Balaban J connectivity index is 1.11. The molecule has 2 aliphatic heterocycles. The summed E-state index contributed by atoms with van der Waals surface area (Å²) in [6.07, 6.45) is 58.7. The molecule has 8 heteroatoms. The molecule has 0 spiro atoms. The Morgan fingerprint density at radius 1 is 0.446 bits per heavy atom. The summed E-state index contributed by atoms with van der Waals surface area (Å²) in [7, 11) is 0. The summed E-state index contributed by atoms with van der Waals surface area (Å²) >= 11 is 6.96. The number of hydrogen-bond acceptors (Lipinski definition) is 8. The maximum Gasteiger partial charge on any atom is 0.108 e. The van der Waals surface area contributed by atoms with Crippen LogP contribution in [0.2, 0.25) is 0 Å². The SMILES string of the molecule is CCCCCCCCCCCCC(CCCCCCCCCC)Cc1csc(-c2cc3c(c4ccc5c(c24)NSN=5)N(c2cc(CC(CCCCCCCCCC)CCCCCCCCCCCC)cs2)SN=3)c1. The maximum absolute atomic E-state index is 5.23. The summed E-state index contributed by atoms with van der Waals surface area (Å²) in [5.41, 5.74) is 6.76. The molecule has 2 aromatic heterocycles. The average Bonchev–Trinajstić information content (AvgIpc) is 4.27. The highest BCUT2D eigenvalue weighted by atomic mass is 32.2. The second-order valence-electron chi connectivity index (χ2n) is 23.1. The standard InChI is InChI=1S/C66H106N4S4/c1-5-9-13-17-21-25-27-31-35-38-42-54(41-37-33-29-23-19-15-11-7-3)47-56-49-62(71-52-56)59-51-61-66(58-45-46-60-65(64(58)59)69-73-67-60)70(74-68-61)63-50-57(53-72-63)48-55(43-39-34-30-24-20-16-12-8-4)44-40-36-32-28-26-22-18-14-10-6-2/h45-46,49-55,69H,5-44,47-48H2,1-4H3. The van der Waals surface area contributed by atoms with Gasteiger partial charge >= 0.3 is 0 Å². The molecule has 0 bridgehead atoms. The summed E-state index contributed by atoms with van der Waals surface area (Å²) in [5.74, 6) is 1.56. The van der Waals surface area contributed by atoms with Gasteiger partial charge in [0.25, 0.3) is 0 Å². The number of thiophene rings is 2. The largest absolute Gasteiger partial charge is 0.308 e. The Kier molecular flexibility index (Phi) is 31.2. The van der Waals surface area contributed by atoms with Crippen LogP contribution in [-0.2, 0) is 12.8 Å². The van der Waals surface area contributed by atoms with Crippen LogP contribution in [0.25, 0.3) is 21.2 Å². The third-order valence-electron chi connectivity index (χ3n) is 16.6. The van der Waals surface area contributed by atoms with E-state index in [0.717, 1.165) is 28.2 Å². The summed E-state index contributed by atoms with van der Waals surface area (Å²) in [5, 5.41) is 11.0. The van der Waals surface area contributed by atoms with Gasteiger partial charge in [0.05, 0.1) is 46.4 Å². The Hall–Kier alpha value is -2.00. The first-order chi connectivity index (χ1) is 36.6. The highest BCUT2D eigenvalue weighted by molar-refractivity contribution is 8.00. The molecule has 6 rings (SSSR count). The molecular formula is C66H106N4S4. The van der Waals surface area contributed by atoms with Gasteiger partial charge in [0.1, 0.15) is 5.00 Å². The topological polar surface area (TPSA) is 40.0 Å². The Labute approximate surface area is 471 Å². The zero-order valence-corrected chi connectivity index (χ0v) is 51.1. The van der Waals surface area contributed by atoms with Crippen molar-refractivity contribution in [3.63, 3.8) is 0 Å². The second kappa shape index (κ2) is 37.7. The van der Waals surface area contributed by atoms with Gasteiger partial charge in [-0.3, -0.25) is 4.31 Å². The van der Waals surface area contributed by atoms with Gasteiger partial charge in [0, 0.05) is 21.2 Å². The zero-order valence-electron chi connectivity index (χ0n) is 47.9. The fraction of sp³-hybridized carbons (Fsp3) is 0.727. The van der Waals surface area contributed by atoms with Crippen molar-refractivity contribution in [2.75, 3.05) is 9.03 Å². The molecule has 2 aliphatic rings. The lowest BCUT2D eigenvalue weighted by molar-refractivity contribution is 0.400. The molecule has 2 unspecified atom stereocenters. The van der Waals surface area contributed by atoms with Gasteiger partial charge in [-0.05, 0) is 76.9 Å². The summed E-state index contributed by atoms with van der Waals surface area (Å²) in [4.78, 5) is 1.37. The maximum atomic E-state index is 5.23. The normalized spacial score (nSPS) is 13.9. The molecule has 0 radical (unpaired) electrons. The first kappa shape index (κ1) is 61.2. The monoisotopic (exact) mass is 1080 g/mol. The Bertz CT molecular complexity index is 2210. The summed E-state index contributed by atoms with van der Waals surface area (Å²) in [6.45, 7) is 9.29. The minimum Gasteiger partial charge on any atom is -0.308 e. The van der Waals surface area contributed by atoms with Crippen molar-refractivity contribution in [1.82, 2.24) is 0 Å². The van der Waals surface area contributed by atoms with E-state index in [1.54, 1.807) is 12.1 Å². The zero-order chi connectivity index (χ0) is 51.7. The minimum atomic E-state index is 0.778. The van der Waals surface area contributed by atoms with E-state index in [-0.39, 0.29) is 0 Å². The number of hydrogen-bond donors (Lipinski definition) is 1. The van der Waals surface area contributed by atoms with Crippen LogP contribution in [0.1, 0.15) is 296 Å². The number of unbranched alkanes of at least 4 members (excludes halogenated alkanes) is 32. The lowest BCUT2D eigenvalue weighted by atomic mass is 9.89. The van der Waals surface area contributed by atoms with Crippen LogP contribution in [0, 0.1) is 11.8 Å². The van der Waals surface area contributed by atoms with Gasteiger partial charge in [-0.2, -0.15) is 8.80 Å². The van der Waals surface area contributed by atoms with Gasteiger partial charge in [0.15, 0.2) is 0 Å². The fourth-order valence-electron chi connectivity index (χ4n) is 12.1. The summed E-state index contributed by atoms with van der Waals surface area (Å²) in [6, 6.07) is 12.0. The quantitative estimate of drug-likeness (QED) is 0.0354. The fourth-order valence-corrected chi connectivity index (χ4v) is 15.4. The molecule has 4 nitrogen and oxygen atoms in total. The van der Waals surface area contributed by atoms with Crippen molar-refractivity contribution in [3.05, 3.63) is 62.9 Å². The molecule has 414 valence electrons. The number of nitrogens with one attached hydrogen (secondary N) is 1. The third-order valence-corrected chi connectivity index (χ3v) is 20.1. The van der Waals surface area contributed by atoms with Crippen molar-refractivity contribution in [2.45, 2.75) is 297 Å². The van der Waals surface area contributed by atoms with Gasteiger partial charge in [-0.15, -0.1) is 22.7 Å². The predicted molar refractivity (Wildman–Crippen MR) is 337 cm³/mol. The number of fused-ring (bicyclic) bond motifs is 5. The van der Waals surface area contributed by atoms with E-state index in [1.807, 2.05) is 22.7 Å². The van der Waals surface area contributed by atoms with E-state index in [9.17, 15) is 0 Å². The molecular weight excluding hydrogens is 977 g/mol. The number of benzene rings is 2. The highest BCUT2D eigenvalue weighted by Gasteiger charge is 2.28. The lowest BCUT2D eigenvalue weighted by Crippen LogP contribution is -2.12. The molecule has 0 aliphatic carbocycles. The molecule has 2 atom stereocenters. The van der Waals surface area contributed by atoms with Crippen molar-refractivity contribution < 1.29 is 0 Å². The van der Waals surface area contributed by atoms with Gasteiger partial charge in [-0.1, -0.05) is 285 Å². The van der Waals surface area contributed by atoms with Crippen LogP contribution in [0.15, 0.2) is 49.9 Å². The van der Waals surface area contributed by atoms with Crippen LogP contribution in [0.5, 0.6) is 0 Å². The number of rotatable bonds is 46. The predicted octanol–water partition coefficient (Wildman–Crippen LogP) is 23.6. The summed E-state index contributed by atoms with van der Waals surface area (Å²) < 4.78 is 16.1. The van der Waals surface area contributed by atoms with Crippen LogP contribution >= 0.6 is 46.9 Å². The molecule has 0 saturated heterocycles. The van der Waals surface area contributed by atoms with Crippen molar-refractivity contribution in [2.24, 2.45) is 20.6 Å². The van der Waals surface area contributed by atoms with E-state index in [2.05, 4.69) is 77.8 Å². The molecule has 0 amide bonds. The van der Waals surface area contributed by atoms with E-state index in [4.69, 9.17) is 8.80 Å². The Morgan fingerprint density at radius 2 is 0.865 bits per heavy atom. The molecule has 2 aromatic carbocycles. The average molecular weight is 1080 g/mol. The first-order valence-corrected chi connectivity index (χ1v) is 35.0. The second-order valence-corrected chi connectivity index (χ2v) is 26.2.